The molecule has 1 aromatic carbocycles. The first-order valence-electron chi connectivity index (χ1n) is 5.81. The summed E-state index contributed by atoms with van der Waals surface area (Å²) in [6.07, 6.45) is 1.35. The molecule has 5 nitrogen and oxygen atoms in total. The van der Waals surface area contributed by atoms with Crippen LogP contribution in [0.25, 0.3) is 16.7 Å². The molecule has 1 N–H and O–H groups in total. The van der Waals surface area contributed by atoms with Gasteiger partial charge in [0.25, 0.3) is 0 Å². The lowest BCUT2D eigenvalue weighted by atomic mass is 10.2. The Kier molecular flexibility index (Phi) is 2.52. The van der Waals surface area contributed by atoms with Crippen LogP contribution >= 0.6 is 0 Å². The maximum atomic E-state index is 11.0. The summed E-state index contributed by atoms with van der Waals surface area (Å²) in [6.45, 7) is 1.84. The average Bonchev–Trinajstić information content (AvgIpc) is 2.77. The molecule has 3 rings (SSSR count). The van der Waals surface area contributed by atoms with Gasteiger partial charge >= 0.3 is 5.97 Å². The minimum atomic E-state index is -0.985. The van der Waals surface area contributed by atoms with E-state index in [1.165, 1.54) is 6.20 Å². The van der Waals surface area contributed by atoms with Crippen LogP contribution in [-0.2, 0) is 0 Å². The Balaban J connectivity index is 2.26. The van der Waals surface area contributed by atoms with Crippen molar-refractivity contribution in [3.8, 4) is 5.69 Å². The number of carboxylic acid groups (broad SMARTS) is 1. The maximum Gasteiger partial charge on any atom is 0.337 e. The van der Waals surface area contributed by atoms with E-state index in [-0.39, 0.29) is 5.56 Å². The van der Waals surface area contributed by atoms with E-state index in [2.05, 4.69) is 10.1 Å². The molecule has 0 amide bonds. The molecule has 0 saturated heterocycles. The van der Waals surface area contributed by atoms with Crippen molar-refractivity contribution in [1.29, 1.82) is 0 Å². The summed E-state index contributed by atoms with van der Waals surface area (Å²) in [5.41, 5.74) is 2.49. The molecular weight excluding hydrogens is 242 g/mol. The lowest BCUT2D eigenvalue weighted by Crippen LogP contribution is -1.99. The molecule has 2 heterocycles. The Morgan fingerprint density at radius 2 is 2.00 bits per heavy atom. The molecule has 19 heavy (non-hydrogen) atoms. The number of pyridine rings is 1. The van der Waals surface area contributed by atoms with Crippen molar-refractivity contribution < 1.29 is 9.90 Å². The van der Waals surface area contributed by atoms with Crippen molar-refractivity contribution in [2.45, 2.75) is 6.92 Å². The molecule has 0 saturated carbocycles. The molecule has 0 fully saturated rings. The number of aromatic nitrogens is 3. The third-order valence-corrected chi connectivity index (χ3v) is 2.95. The van der Waals surface area contributed by atoms with E-state index >= 15 is 0 Å². The summed E-state index contributed by atoms with van der Waals surface area (Å²) in [7, 11) is 0. The fourth-order valence-electron chi connectivity index (χ4n) is 2.01. The van der Waals surface area contributed by atoms with Crippen LogP contribution in [0.15, 0.2) is 42.6 Å². The molecule has 3 aromatic rings. The van der Waals surface area contributed by atoms with E-state index in [9.17, 15) is 4.79 Å². The van der Waals surface area contributed by atoms with Gasteiger partial charge in [0.15, 0.2) is 5.65 Å². The molecule has 94 valence electrons. The Hall–Kier alpha value is -2.69. The topological polar surface area (TPSA) is 68.0 Å². The predicted octanol–water partition coefficient (Wildman–Crippen LogP) is 2.43. The second-order valence-corrected chi connectivity index (χ2v) is 4.23. The molecule has 5 heteroatoms. The van der Waals surface area contributed by atoms with Gasteiger partial charge in [-0.25, -0.2) is 14.5 Å². The summed E-state index contributed by atoms with van der Waals surface area (Å²) in [5, 5.41) is 14.2. The normalized spacial score (nSPS) is 10.8. The lowest BCUT2D eigenvalue weighted by molar-refractivity contribution is 0.0696. The Morgan fingerprint density at radius 3 is 2.68 bits per heavy atom. The number of rotatable bonds is 2. The van der Waals surface area contributed by atoms with Crippen LogP contribution < -0.4 is 0 Å². The van der Waals surface area contributed by atoms with Gasteiger partial charge in [-0.3, -0.25) is 0 Å². The third kappa shape index (κ3) is 1.85. The number of hydrogen-bond donors (Lipinski definition) is 1. The van der Waals surface area contributed by atoms with Crippen molar-refractivity contribution in [2.24, 2.45) is 0 Å². The molecule has 2 aromatic heterocycles. The number of para-hydroxylation sites is 1. The standard InChI is InChI=1S/C14H11N3O2/c1-9-12-7-10(14(18)19)8-15-13(12)17(16-9)11-5-3-2-4-6-11/h2-8H,1H3,(H,18,19). The summed E-state index contributed by atoms with van der Waals surface area (Å²) < 4.78 is 1.72. The number of hydrogen-bond acceptors (Lipinski definition) is 3. The molecule has 0 aliphatic rings. The molecule has 0 unspecified atom stereocenters. The van der Waals surface area contributed by atoms with Gasteiger partial charge in [0.2, 0.25) is 0 Å². The van der Waals surface area contributed by atoms with E-state index in [1.54, 1.807) is 10.7 Å². The Labute approximate surface area is 109 Å². The van der Waals surface area contributed by atoms with Gasteiger partial charge in [-0.1, -0.05) is 18.2 Å². The molecule has 0 radical (unpaired) electrons. The van der Waals surface area contributed by atoms with E-state index in [0.29, 0.717) is 5.65 Å². The summed E-state index contributed by atoms with van der Waals surface area (Å²) in [6, 6.07) is 11.2. The molecule has 0 atom stereocenters. The second kappa shape index (κ2) is 4.20. The van der Waals surface area contributed by atoms with E-state index in [4.69, 9.17) is 5.11 Å². The third-order valence-electron chi connectivity index (χ3n) is 2.95. The first-order valence-corrected chi connectivity index (χ1v) is 5.81. The molecule has 0 spiro atoms. The summed E-state index contributed by atoms with van der Waals surface area (Å²) in [5.74, 6) is -0.985. The van der Waals surface area contributed by atoms with E-state index in [1.807, 2.05) is 37.3 Å². The SMILES string of the molecule is Cc1nn(-c2ccccc2)c2ncc(C(=O)O)cc12. The van der Waals surface area contributed by atoms with Crippen molar-refractivity contribution in [1.82, 2.24) is 14.8 Å². The molecular formula is C14H11N3O2. The summed E-state index contributed by atoms with van der Waals surface area (Å²) in [4.78, 5) is 15.2. The Bertz CT molecular complexity index is 763. The van der Waals surface area contributed by atoms with Gasteiger partial charge < -0.3 is 5.11 Å². The molecule has 0 aliphatic heterocycles. The average molecular weight is 253 g/mol. The van der Waals surface area contributed by atoms with Crippen LogP contribution in [0.3, 0.4) is 0 Å². The number of benzene rings is 1. The van der Waals surface area contributed by atoms with Gasteiger partial charge in [-0.2, -0.15) is 5.10 Å². The van der Waals surface area contributed by atoms with Crippen LogP contribution in [0.1, 0.15) is 16.1 Å². The minimum Gasteiger partial charge on any atom is -0.478 e. The predicted molar refractivity (Wildman–Crippen MR) is 70.6 cm³/mol. The number of aromatic carboxylic acids is 1. The van der Waals surface area contributed by atoms with Crippen molar-refractivity contribution >= 4 is 17.0 Å². The number of nitrogens with zero attached hydrogens (tertiary/aromatic N) is 3. The second-order valence-electron chi connectivity index (χ2n) is 4.23. The van der Waals surface area contributed by atoms with Gasteiger partial charge in [0.05, 0.1) is 16.9 Å². The van der Waals surface area contributed by atoms with Crippen molar-refractivity contribution in [3.05, 3.63) is 53.9 Å². The molecule has 0 bridgehead atoms. The molecule has 0 aliphatic carbocycles. The zero-order valence-corrected chi connectivity index (χ0v) is 10.2. The van der Waals surface area contributed by atoms with Gasteiger partial charge in [0, 0.05) is 11.6 Å². The highest BCUT2D eigenvalue weighted by atomic mass is 16.4. The monoisotopic (exact) mass is 253 g/mol. The van der Waals surface area contributed by atoms with E-state index in [0.717, 1.165) is 16.8 Å². The van der Waals surface area contributed by atoms with Crippen LogP contribution in [-0.4, -0.2) is 25.8 Å². The minimum absolute atomic E-state index is 0.170. The van der Waals surface area contributed by atoms with E-state index < -0.39 is 5.97 Å². The van der Waals surface area contributed by atoms with Crippen LogP contribution in [0, 0.1) is 6.92 Å². The Morgan fingerprint density at radius 1 is 1.26 bits per heavy atom. The van der Waals surface area contributed by atoms with Crippen molar-refractivity contribution in [3.63, 3.8) is 0 Å². The number of carbonyl (C=O) groups is 1. The van der Waals surface area contributed by atoms with Crippen molar-refractivity contribution in [2.75, 3.05) is 0 Å². The fourth-order valence-corrected chi connectivity index (χ4v) is 2.01. The summed E-state index contributed by atoms with van der Waals surface area (Å²) >= 11 is 0. The first-order chi connectivity index (χ1) is 9.16. The fraction of sp³-hybridized carbons (Fsp3) is 0.0714. The lowest BCUT2D eigenvalue weighted by Gasteiger charge is -2.02. The first kappa shape index (κ1) is 11.4. The number of fused-ring (bicyclic) bond motifs is 1. The zero-order valence-electron chi connectivity index (χ0n) is 10.2. The van der Waals surface area contributed by atoms with Gasteiger partial charge in [0.1, 0.15) is 0 Å². The number of aryl methyl sites for hydroxylation is 1. The van der Waals surface area contributed by atoms with Crippen LogP contribution in [0.4, 0.5) is 0 Å². The number of carboxylic acids is 1. The van der Waals surface area contributed by atoms with Gasteiger partial charge in [-0.15, -0.1) is 0 Å². The highest BCUT2D eigenvalue weighted by Crippen LogP contribution is 2.20. The zero-order chi connectivity index (χ0) is 13.4. The maximum absolute atomic E-state index is 11.0. The quantitative estimate of drug-likeness (QED) is 0.761. The van der Waals surface area contributed by atoms with Gasteiger partial charge in [-0.05, 0) is 25.1 Å². The smallest absolute Gasteiger partial charge is 0.337 e. The largest absolute Gasteiger partial charge is 0.478 e. The highest BCUT2D eigenvalue weighted by molar-refractivity contribution is 5.92. The highest BCUT2D eigenvalue weighted by Gasteiger charge is 2.13. The van der Waals surface area contributed by atoms with Crippen LogP contribution in [0.2, 0.25) is 0 Å². The van der Waals surface area contributed by atoms with Crippen LogP contribution in [0.5, 0.6) is 0 Å².